The molecule has 1 heterocycles. The van der Waals surface area contributed by atoms with Crippen molar-refractivity contribution in [2.75, 3.05) is 0 Å². The summed E-state index contributed by atoms with van der Waals surface area (Å²) in [5.41, 5.74) is 1.68. The van der Waals surface area contributed by atoms with Gasteiger partial charge in [-0.2, -0.15) is 0 Å². The maximum absolute atomic E-state index is 11.9. The van der Waals surface area contributed by atoms with Crippen molar-refractivity contribution >= 4 is 11.8 Å². The summed E-state index contributed by atoms with van der Waals surface area (Å²) < 4.78 is 6.01. The highest BCUT2D eigenvalue weighted by Gasteiger charge is 2.66. The van der Waals surface area contributed by atoms with Crippen LogP contribution < -0.4 is 0 Å². The van der Waals surface area contributed by atoms with Gasteiger partial charge < -0.3 is 4.74 Å². The third-order valence-corrected chi connectivity index (χ3v) is 9.29. The van der Waals surface area contributed by atoms with Crippen molar-refractivity contribution in [3.63, 3.8) is 0 Å². The van der Waals surface area contributed by atoms with Crippen LogP contribution >= 0.6 is 0 Å². The van der Waals surface area contributed by atoms with E-state index in [0.29, 0.717) is 24.0 Å². The second kappa shape index (κ2) is 4.98. The molecule has 0 amide bonds. The van der Waals surface area contributed by atoms with E-state index >= 15 is 0 Å². The van der Waals surface area contributed by atoms with E-state index in [0.717, 1.165) is 38.0 Å². The van der Waals surface area contributed by atoms with Crippen molar-refractivity contribution in [3.05, 3.63) is 11.6 Å². The Morgan fingerprint density at radius 1 is 0.920 bits per heavy atom. The molecule has 0 bridgehead atoms. The van der Waals surface area contributed by atoms with E-state index in [4.69, 9.17) is 4.74 Å². The number of ether oxygens (including phenoxy) is 1. The number of esters is 1. The fourth-order valence-electron chi connectivity index (χ4n) is 7.85. The summed E-state index contributed by atoms with van der Waals surface area (Å²) in [6.07, 6.45) is 12.3. The molecule has 1 saturated heterocycles. The van der Waals surface area contributed by atoms with Crippen molar-refractivity contribution in [2.24, 2.45) is 28.6 Å². The van der Waals surface area contributed by atoms with Crippen LogP contribution in [0.1, 0.15) is 78.1 Å². The zero-order chi connectivity index (χ0) is 17.4. The first-order valence-corrected chi connectivity index (χ1v) is 10.3. The summed E-state index contributed by atoms with van der Waals surface area (Å²) in [6.45, 7) is 4.86. The Morgan fingerprint density at radius 2 is 1.72 bits per heavy atom. The minimum Gasteiger partial charge on any atom is -0.458 e. The largest absolute Gasteiger partial charge is 0.458 e. The maximum Gasteiger partial charge on any atom is 0.306 e. The van der Waals surface area contributed by atoms with E-state index in [2.05, 4.69) is 13.8 Å². The molecule has 0 radical (unpaired) electrons. The van der Waals surface area contributed by atoms with E-state index in [-0.39, 0.29) is 22.4 Å². The van der Waals surface area contributed by atoms with Gasteiger partial charge in [0, 0.05) is 18.3 Å². The summed E-state index contributed by atoms with van der Waals surface area (Å²) in [7, 11) is 0. The lowest BCUT2D eigenvalue weighted by Crippen LogP contribution is -2.54. The Balaban J connectivity index is 1.49. The predicted octanol–water partition coefficient (Wildman–Crippen LogP) is 4.59. The molecule has 3 saturated carbocycles. The molecule has 3 heteroatoms. The number of carbonyl (C=O) groups is 2. The van der Waals surface area contributed by atoms with Crippen molar-refractivity contribution < 1.29 is 14.3 Å². The summed E-state index contributed by atoms with van der Waals surface area (Å²) in [5, 5.41) is 0. The lowest BCUT2D eigenvalue weighted by atomic mass is 9.46. The molecule has 1 spiro atoms. The van der Waals surface area contributed by atoms with Crippen LogP contribution in [0.5, 0.6) is 0 Å². The van der Waals surface area contributed by atoms with Gasteiger partial charge in [-0.05, 0) is 80.6 Å². The van der Waals surface area contributed by atoms with Crippen molar-refractivity contribution in [2.45, 2.75) is 83.7 Å². The fourth-order valence-corrected chi connectivity index (χ4v) is 7.85. The SMILES string of the molecule is C[C@]12CC[C@@H]3[C@H](CCC4=CC(=O)CC[C@]43C)[C@H]1CC[C@@]21CCC(=O)O1. The second-order valence-electron chi connectivity index (χ2n) is 9.93. The zero-order valence-corrected chi connectivity index (χ0v) is 15.6. The molecule has 6 atom stereocenters. The number of ketones is 1. The molecular weight excluding hydrogens is 312 g/mol. The third kappa shape index (κ3) is 1.93. The predicted molar refractivity (Wildman–Crippen MR) is 94.8 cm³/mol. The highest BCUT2D eigenvalue weighted by molar-refractivity contribution is 5.91. The Morgan fingerprint density at radius 3 is 2.48 bits per heavy atom. The van der Waals surface area contributed by atoms with Gasteiger partial charge in [-0.25, -0.2) is 0 Å². The average Bonchev–Trinajstić information content (AvgIpc) is 3.10. The Hall–Kier alpha value is -1.12. The van der Waals surface area contributed by atoms with Crippen molar-refractivity contribution in [1.29, 1.82) is 0 Å². The second-order valence-corrected chi connectivity index (χ2v) is 9.93. The average molecular weight is 342 g/mol. The summed E-state index contributed by atoms with van der Waals surface area (Å²) in [6, 6.07) is 0. The molecular formula is C22H30O3. The van der Waals surface area contributed by atoms with E-state index in [1.54, 1.807) is 0 Å². The maximum atomic E-state index is 11.9. The number of allylic oxidation sites excluding steroid dienone is 1. The molecule has 4 aliphatic carbocycles. The van der Waals surface area contributed by atoms with Gasteiger partial charge in [0.2, 0.25) is 0 Å². The molecule has 136 valence electrons. The standard InChI is InChI=1S/C22H30O3/c1-20-9-5-15(23)13-14(20)3-4-16-17(20)6-10-21(2)18(16)7-11-22(21)12-8-19(24)25-22/h13,16-18H,3-12H2,1-2H3/t16-,17+,18+,20+,21-,22+/m0/s1. The number of carbonyl (C=O) groups excluding carboxylic acids is 2. The van der Waals surface area contributed by atoms with Gasteiger partial charge in [0.1, 0.15) is 5.60 Å². The number of hydrogen-bond donors (Lipinski definition) is 0. The number of rotatable bonds is 0. The number of fused-ring (bicyclic) bond motifs is 6. The Kier molecular flexibility index (Phi) is 3.21. The van der Waals surface area contributed by atoms with Crippen LogP contribution in [0.4, 0.5) is 0 Å². The van der Waals surface area contributed by atoms with Gasteiger partial charge in [-0.1, -0.05) is 19.4 Å². The molecule has 0 N–H and O–H groups in total. The summed E-state index contributed by atoms with van der Waals surface area (Å²) in [5.74, 6) is 2.51. The Bertz CT molecular complexity index is 679. The van der Waals surface area contributed by atoms with Gasteiger partial charge >= 0.3 is 5.97 Å². The van der Waals surface area contributed by atoms with Gasteiger partial charge in [0.15, 0.2) is 5.78 Å². The van der Waals surface area contributed by atoms with Gasteiger partial charge in [0.05, 0.1) is 0 Å². The van der Waals surface area contributed by atoms with E-state index in [1.807, 2.05) is 6.08 Å². The van der Waals surface area contributed by atoms with Crippen molar-refractivity contribution in [3.8, 4) is 0 Å². The molecule has 5 rings (SSSR count). The van der Waals surface area contributed by atoms with Gasteiger partial charge in [0.25, 0.3) is 0 Å². The van der Waals surface area contributed by atoms with Crippen LogP contribution in [0.3, 0.4) is 0 Å². The first-order valence-electron chi connectivity index (χ1n) is 10.3. The topological polar surface area (TPSA) is 43.4 Å². The third-order valence-electron chi connectivity index (χ3n) is 9.29. The highest BCUT2D eigenvalue weighted by atomic mass is 16.6. The first-order chi connectivity index (χ1) is 11.9. The van der Waals surface area contributed by atoms with E-state index < -0.39 is 0 Å². The molecule has 0 aromatic heterocycles. The molecule has 0 unspecified atom stereocenters. The fraction of sp³-hybridized carbons (Fsp3) is 0.818. The molecule has 25 heavy (non-hydrogen) atoms. The molecule has 0 aromatic carbocycles. The molecule has 4 fully saturated rings. The van der Waals surface area contributed by atoms with Crippen LogP contribution in [0.25, 0.3) is 0 Å². The normalized spacial score (nSPS) is 51.6. The minimum atomic E-state index is -0.167. The lowest BCUT2D eigenvalue weighted by Gasteiger charge is -2.59. The lowest BCUT2D eigenvalue weighted by molar-refractivity contribution is -0.168. The number of hydrogen-bond acceptors (Lipinski definition) is 3. The summed E-state index contributed by atoms with van der Waals surface area (Å²) >= 11 is 0. The van der Waals surface area contributed by atoms with Crippen LogP contribution in [0, 0.1) is 28.6 Å². The van der Waals surface area contributed by atoms with Crippen molar-refractivity contribution in [1.82, 2.24) is 0 Å². The van der Waals surface area contributed by atoms with Crippen LogP contribution in [0.2, 0.25) is 0 Å². The summed E-state index contributed by atoms with van der Waals surface area (Å²) in [4.78, 5) is 23.8. The minimum absolute atomic E-state index is 0.0237. The van der Waals surface area contributed by atoms with Gasteiger partial charge in [-0.15, -0.1) is 0 Å². The smallest absolute Gasteiger partial charge is 0.306 e. The molecule has 0 aromatic rings. The van der Waals surface area contributed by atoms with Crippen LogP contribution in [0.15, 0.2) is 11.6 Å². The van der Waals surface area contributed by atoms with Crippen LogP contribution in [-0.2, 0) is 14.3 Å². The van der Waals surface area contributed by atoms with Crippen LogP contribution in [-0.4, -0.2) is 17.4 Å². The first kappa shape index (κ1) is 16.1. The quantitative estimate of drug-likeness (QED) is 0.605. The van der Waals surface area contributed by atoms with E-state index in [9.17, 15) is 9.59 Å². The molecule has 3 nitrogen and oxygen atoms in total. The Labute approximate surface area is 150 Å². The van der Waals surface area contributed by atoms with Gasteiger partial charge in [-0.3, -0.25) is 9.59 Å². The molecule has 1 aliphatic heterocycles. The highest BCUT2D eigenvalue weighted by Crippen LogP contribution is 2.69. The molecule has 5 aliphatic rings. The van der Waals surface area contributed by atoms with E-state index in [1.165, 1.54) is 31.3 Å². The monoisotopic (exact) mass is 342 g/mol. The zero-order valence-electron chi connectivity index (χ0n) is 15.6.